The van der Waals surface area contributed by atoms with Crippen molar-refractivity contribution in [2.24, 2.45) is 5.73 Å². The summed E-state index contributed by atoms with van der Waals surface area (Å²) in [5, 5.41) is 0. The van der Waals surface area contributed by atoms with Crippen LogP contribution in [0.5, 0.6) is 0 Å². The van der Waals surface area contributed by atoms with Crippen LogP contribution in [-0.4, -0.2) is 80.7 Å². The predicted octanol–water partition coefficient (Wildman–Crippen LogP) is 4.22. The Kier molecular flexibility index (Phi) is 14.4. The second kappa shape index (κ2) is 16.4. The molecule has 2 heterocycles. The van der Waals surface area contributed by atoms with E-state index in [2.05, 4.69) is 51.8 Å². The van der Waals surface area contributed by atoms with Gasteiger partial charge in [-0.1, -0.05) is 46.8 Å². The van der Waals surface area contributed by atoms with Crippen LogP contribution in [0, 0.1) is 0 Å². The minimum Gasteiger partial charge on any atom is -0.399 e. The molecule has 0 radical (unpaired) electrons. The van der Waals surface area contributed by atoms with Crippen LogP contribution < -0.4 is 16.4 Å². The average Bonchev–Trinajstić information content (AvgIpc) is 2.87. The first kappa shape index (κ1) is 28.9. The molecular formula is C27H50N6. The van der Waals surface area contributed by atoms with E-state index < -0.39 is 0 Å². The molecule has 4 N–H and O–H groups in total. The second-order valence-electron chi connectivity index (χ2n) is 8.19. The van der Waals surface area contributed by atoms with Crippen molar-refractivity contribution in [1.29, 1.82) is 0 Å². The summed E-state index contributed by atoms with van der Waals surface area (Å²) in [6.07, 6.45) is 6.52. The molecule has 0 spiro atoms. The molecule has 2 aliphatic heterocycles. The van der Waals surface area contributed by atoms with Crippen LogP contribution in [0.1, 0.15) is 47.5 Å². The lowest BCUT2D eigenvalue weighted by Crippen LogP contribution is -2.45. The topological polar surface area (TPSA) is 65.0 Å². The Labute approximate surface area is 203 Å². The van der Waals surface area contributed by atoms with Gasteiger partial charge >= 0.3 is 0 Å². The number of nitrogens with zero attached hydrogens (tertiary/aromatic N) is 4. The monoisotopic (exact) mass is 458 g/mol. The summed E-state index contributed by atoms with van der Waals surface area (Å²) in [7, 11) is 2.16. The maximum Gasteiger partial charge on any atom is 0.0387 e. The zero-order valence-electron chi connectivity index (χ0n) is 22.2. The number of allylic oxidation sites excluding steroid dienone is 3. The van der Waals surface area contributed by atoms with Gasteiger partial charge in [-0.25, -0.2) is 0 Å². The Morgan fingerprint density at radius 3 is 1.97 bits per heavy atom. The van der Waals surface area contributed by atoms with Gasteiger partial charge in [0.05, 0.1) is 0 Å². The Hall–Kier alpha value is -2.18. The highest BCUT2D eigenvalue weighted by molar-refractivity contribution is 5.56. The number of benzene rings is 1. The zero-order valence-corrected chi connectivity index (χ0v) is 22.2. The zero-order chi connectivity index (χ0) is 24.6. The van der Waals surface area contributed by atoms with Crippen molar-refractivity contribution < 1.29 is 0 Å². The highest BCUT2D eigenvalue weighted by Gasteiger charge is 2.18. The molecule has 188 valence electrons. The quantitative estimate of drug-likeness (QED) is 0.661. The van der Waals surface area contributed by atoms with Gasteiger partial charge in [-0.15, -0.1) is 0 Å². The van der Waals surface area contributed by atoms with Crippen LogP contribution in [0.4, 0.5) is 11.4 Å². The van der Waals surface area contributed by atoms with Gasteiger partial charge in [0, 0.05) is 75.1 Å². The van der Waals surface area contributed by atoms with Crippen molar-refractivity contribution in [1.82, 2.24) is 14.7 Å². The molecule has 3 aliphatic rings. The molecule has 0 unspecified atom stereocenters. The first-order chi connectivity index (χ1) is 16.0. The molecule has 6 heteroatoms. The van der Waals surface area contributed by atoms with E-state index in [1.165, 1.54) is 31.0 Å². The lowest BCUT2D eigenvalue weighted by molar-refractivity contribution is 0.161. The van der Waals surface area contributed by atoms with Crippen molar-refractivity contribution in [2.45, 2.75) is 47.5 Å². The highest BCUT2D eigenvalue weighted by atomic mass is 15.3. The number of piperazine rings is 2. The maximum absolute atomic E-state index is 5.83. The van der Waals surface area contributed by atoms with Crippen LogP contribution in [-0.2, 0) is 0 Å². The third kappa shape index (κ3) is 10.1. The second-order valence-corrected chi connectivity index (χ2v) is 8.19. The molecule has 0 bridgehead atoms. The number of nitrogen functional groups attached to an aromatic ring is 1. The minimum absolute atomic E-state index is 0.849. The first-order valence-corrected chi connectivity index (χ1v) is 13.0. The number of nitrogens with two attached hydrogens (primary N) is 2. The summed E-state index contributed by atoms with van der Waals surface area (Å²) in [6.45, 7) is 20.6. The number of rotatable bonds is 3. The van der Waals surface area contributed by atoms with Crippen molar-refractivity contribution >= 4 is 11.4 Å². The largest absolute Gasteiger partial charge is 0.399 e. The Morgan fingerprint density at radius 2 is 1.42 bits per heavy atom. The Morgan fingerprint density at radius 1 is 0.818 bits per heavy atom. The molecule has 2 fully saturated rings. The number of hydrogen-bond donors (Lipinski definition) is 2. The fraction of sp³-hybridized carbons (Fsp3) is 0.630. The molecule has 6 nitrogen and oxygen atoms in total. The third-order valence-electron chi connectivity index (χ3n) is 6.08. The fourth-order valence-electron chi connectivity index (χ4n) is 4.10. The van der Waals surface area contributed by atoms with Crippen LogP contribution in [0.15, 0.2) is 47.8 Å². The average molecular weight is 459 g/mol. The molecule has 0 amide bonds. The van der Waals surface area contributed by atoms with Crippen LogP contribution >= 0.6 is 0 Å². The van der Waals surface area contributed by atoms with E-state index in [1.54, 1.807) is 0 Å². The first-order valence-electron chi connectivity index (χ1n) is 13.0. The van der Waals surface area contributed by atoms with Gasteiger partial charge < -0.3 is 31.1 Å². The van der Waals surface area contributed by atoms with Crippen LogP contribution in [0.3, 0.4) is 0 Å². The van der Waals surface area contributed by atoms with Gasteiger partial charge in [-0.3, -0.25) is 0 Å². The SMILES string of the molecule is CC.CC.CCN1CCN(C2=CC(N)=CCC2)CC1.CN1CCN(c2cccc(N)c2)CC1. The smallest absolute Gasteiger partial charge is 0.0387 e. The molecule has 33 heavy (non-hydrogen) atoms. The lowest BCUT2D eigenvalue weighted by atomic mass is 10.1. The van der Waals surface area contributed by atoms with Gasteiger partial charge in [-0.05, 0) is 50.7 Å². The summed E-state index contributed by atoms with van der Waals surface area (Å²) in [4.78, 5) is 9.73. The molecule has 2 saturated heterocycles. The van der Waals surface area contributed by atoms with E-state index in [1.807, 2.05) is 45.9 Å². The molecule has 0 atom stereocenters. The predicted molar refractivity (Wildman–Crippen MR) is 147 cm³/mol. The molecular weight excluding hydrogens is 408 g/mol. The van der Waals surface area contributed by atoms with Crippen molar-refractivity contribution in [3.63, 3.8) is 0 Å². The lowest BCUT2D eigenvalue weighted by Gasteiger charge is -2.37. The Balaban J connectivity index is 0.000000288. The van der Waals surface area contributed by atoms with E-state index in [-0.39, 0.29) is 0 Å². The summed E-state index contributed by atoms with van der Waals surface area (Å²) in [5.41, 5.74) is 16.1. The Bertz CT molecular complexity index is 698. The van der Waals surface area contributed by atoms with E-state index in [0.29, 0.717) is 0 Å². The molecule has 0 aromatic heterocycles. The van der Waals surface area contributed by atoms with E-state index in [9.17, 15) is 0 Å². The summed E-state index contributed by atoms with van der Waals surface area (Å²) < 4.78 is 0. The fourth-order valence-corrected chi connectivity index (χ4v) is 4.10. The number of hydrogen-bond acceptors (Lipinski definition) is 6. The van der Waals surface area contributed by atoms with Crippen LogP contribution in [0.2, 0.25) is 0 Å². The van der Waals surface area contributed by atoms with Gasteiger partial charge in [-0.2, -0.15) is 0 Å². The van der Waals surface area contributed by atoms with Gasteiger partial charge in [0.2, 0.25) is 0 Å². The summed E-state index contributed by atoms with van der Waals surface area (Å²) in [6, 6.07) is 8.12. The molecule has 1 aliphatic carbocycles. The molecule has 0 saturated carbocycles. The van der Waals surface area contributed by atoms with Gasteiger partial charge in [0.25, 0.3) is 0 Å². The van der Waals surface area contributed by atoms with Crippen LogP contribution in [0.25, 0.3) is 0 Å². The number of likely N-dealkylation sites (N-methyl/N-ethyl adjacent to an activating group) is 2. The summed E-state index contributed by atoms with van der Waals surface area (Å²) >= 11 is 0. The van der Waals surface area contributed by atoms with E-state index >= 15 is 0 Å². The van der Waals surface area contributed by atoms with Crippen molar-refractivity contribution in [2.75, 3.05) is 76.6 Å². The van der Waals surface area contributed by atoms with Gasteiger partial charge in [0.15, 0.2) is 0 Å². The van der Waals surface area contributed by atoms with Crippen molar-refractivity contribution in [3.8, 4) is 0 Å². The maximum atomic E-state index is 5.83. The molecule has 4 rings (SSSR count). The van der Waals surface area contributed by atoms with Gasteiger partial charge in [0.1, 0.15) is 0 Å². The molecule has 1 aromatic rings. The minimum atomic E-state index is 0.849. The molecule has 1 aromatic carbocycles. The van der Waals surface area contributed by atoms with E-state index in [4.69, 9.17) is 11.5 Å². The standard InChI is InChI=1S/C12H21N3.C11H17N3.2C2H6/c1-2-14-6-8-15(9-7-14)12-5-3-4-11(13)10-12;1-13-5-7-14(8-6-13)11-4-2-3-10(12)9-11;2*1-2/h4,10H,2-3,5-9,13H2,1H3;2-4,9H,5-8,12H2,1H3;2*1-2H3. The number of anilines is 2. The summed E-state index contributed by atoms with van der Waals surface area (Å²) in [5.74, 6) is 0. The third-order valence-corrected chi connectivity index (χ3v) is 6.08. The van der Waals surface area contributed by atoms with Crippen molar-refractivity contribution in [3.05, 3.63) is 47.8 Å². The van der Waals surface area contributed by atoms with E-state index in [0.717, 1.165) is 63.5 Å². The highest BCUT2D eigenvalue weighted by Crippen LogP contribution is 2.20. The normalized spacial score (nSPS) is 19.0.